The van der Waals surface area contributed by atoms with E-state index in [0.717, 1.165) is 52.7 Å². The van der Waals surface area contributed by atoms with E-state index >= 15 is 0 Å². The SMILES string of the molecule is Cc1cc2c(cc1C#N)CCC[C@H]2Nc1ccc2cnn(-c3cnn(C)c3)c2c1. The second-order valence-corrected chi connectivity index (χ2v) is 7.77. The molecule has 1 aliphatic rings. The number of nitriles is 1. The monoisotopic (exact) mass is 382 g/mol. The number of hydrogen-bond donors (Lipinski definition) is 1. The van der Waals surface area contributed by atoms with Gasteiger partial charge in [0.15, 0.2) is 0 Å². The smallest absolute Gasteiger partial charge is 0.103 e. The predicted octanol–water partition coefficient (Wildman–Crippen LogP) is 4.43. The molecule has 29 heavy (non-hydrogen) atoms. The van der Waals surface area contributed by atoms with E-state index < -0.39 is 0 Å². The van der Waals surface area contributed by atoms with Gasteiger partial charge in [-0.25, -0.2) is 4.68 Å². The quantitative estimate of drug-likeness (QED) is 0.569. The molecule has 5 rings (SSSR count). The van der Waals surface area contributed by atoms with Crippen molar-refractivity contribution in [2.24, 2.45) is 7.05 Å². The van der Waals surface area contributed by atoms with Gasteiger partial charge in [0.1, 0.15) is 5.69 Å². The summed E-state index contributed by atoms with van der Waals surface area (Å²) < 4.78 is 3.70. The van der Waals surface area contributed by atoms with Gasteiger partial charge in [-0.3, -0.25) is 4.68 Å². The van der Waals surface area contributed by atoms with Gasteiger partial charge in [-0.1, -0.05) is 6.07 Å². The molecule has 0 fully saturated rings. The van der Waals surface area contributed by atoms with Gasteiger partial charge in [-0.05, 0) is 67.1 Å². The van der Waals surface area contributed by atoms with Crippen molar-refractivity contribution in [2.75, 3.05) is 5.32 Å². The minimum absolute atomic E-state index is 0.248. The zero-order chi connectivity index (χ0) is 20.0. The van der Waals surface area contributed by atoms with Gasteiger partial charge in [0.25, 0.3) is 0 Å². The molecule has 0 saturated carbocycles. The molecule has 1 N–H and O–H groups in total. The van der Waals surface area contributed by atoms with E-state index in [1.165, 1.54) is 11.1 Å². The van der Waals surface area contributed by atoms with Crippen LogP contribution in [0.15, 0.2) is 48.9 Å². The summed E-state index contributed by atoms with van der Waals surface area (Å²) in [5.74, 6) is 0. The summed E-state index contributed by atoms with van der Waals surface area (Å²) >= 11 is 0. The molecule has 0 saturated heterocycles. The number of fused-ring (bicyclic) bond motifs is 2. The van der Waals surface area contributed by atoms with E-state index in [4.69, 9.17) is 0 Å². The summed E-state index contributed by atoms with van der Waals surface area (Å²) in [5.41, 5.74) is 7.50. The third-order valence-corrected chi connectivity index (χ3v) is 5.77. The Morgan fingerprint density at radius 2 is 2.07 bits per heavy atom. The van der Waals surface area contributed by atoms with E-state index in [0.29, 0.717) is 0 Å². The Hall–Kier alpha value is -3.59. The highest BCUT2D eigenvalue weighted by Crippen LogP contribution is 2.35. The van der Waals surface area contributed by atoms with Crippen LogP contribution in [0.1, 0.15) is 41.1 Å². The van der Waals surface area contributed by atoms with Crippen LogP contribution >= 0.6 is 0 Å². The highest BCUT2D eigenvalue weighted by Gasteiger charge is 2.22. The first-order chi connectivity index (χ1) is 14.1. The summed E-state index contributed by atoms with van der Waals surface area (Å²) in [7, 11) is 1.91. The van der Waals surface area contributed by atoms with Crippen molar-refractivity contribution < 1.29 is 0 Å². The average Bonchev–Trinajstić information content (AvgIpc) is 3.33. The summed E-state index contributed by atoms with van der Waals surface area (Å²) in [6.07, 6.45) is 8.90. The van der Waals surface area contributed by atoms with E-state index in [1.807, 2.05) is 37.2 Å². The molecule has 144 valence electrons. The number of aryl methyl sites for hydroxylation is 3. The average molecular weight is 382 g/mol. The van der Waals surface area contributed by atoms with Crippen LogP contribution in [0.5, 0.6) is 0 Å². The molecule has 2 aromatic carbocycles. The van der Waals surface area contributed by atoms with E-state index in [1.54, 1.807) is 4.68 Å². The Morgan fingerprint density at radius 3 is 2.86 bits per heavy atom. The summed E-state index contributed by atoms with van der Waals surface area (Å²) in [4.78, 5) is 0. The second-order valence-electron chi connectivity index (χ2n) is 7.77. The zero-order valence-electron chi connectivity index (χ0n) is 16.6. The number of benzene rings is 2. The van der Waals surface area contributed by atoms with Crippen molar-refractivity contribution >= 4 is 16.6 Å². The molecule has 0 bridgehead atoms. The largest absolute Gasteiger partial charge is 0.378 e. The first kappa shape index (κ1) is 17.5. The normalized spacial score (nSPS) is 15.8. The highest BCUT2D eigenvalue weighted by atomic mass is 15.3. The summed E-state index contributed by atoms with van der Waals surface area (Å²) in [6, 6.07) is 13.2. The maximum atomic E-state index is 9.34. The molecule has 2 aromatic heterocycles. The maximum Gasteiger partial charge on any atom is 0.103 e. The van der Waals surface area contributed by atoms with Crippen LogP contribution in [0.2, 0.25) is 0 Å². The van der Waals surface area contributed by atoms with Crippen LogP contribution in [-0.4, -0.2) is 19.6 Å². The third kappa shape index (κ3) is 3.05. The molecule has 4 aromatic rings. The standard InChI is InChI=1S/C23H22N6/c1-15-8-21-16(9-18(15)11-24)4-3-5-22(21)27-19-7-6-17-12-26-29(23(17)10-19)20-13-25-28(2)14-20/h6-10,12-14,22,27H,3-5H2,1-2H3/t22-/m1/s1. The lowest BCUT2D eigenvalue weighted by molar-refractivity contribution is 0.600. The number of nitrogens with zero attached hydrogens (tertiary/aromatic N) is 5. The molecule has 0 radical (unpaired) electrons. The van der Waals surface area contributed by atoms with Crippen molar-refractivity contribution in [2.45, 2.75) is 32.2 Å². The van der Waals surface area contributed by atoms with Crippen LogP contribution < -0.4 is 5.32 Å². The first-order valence-electron chi connectivity index (χ1n) is 9.89. The third-order valence-electron chi connectivity index (χ3n) is 5.77. The van der Waals surface area contributed by atoms with Gasteiger partial charge >= 0.3 is 0 Å². The Balaban J connectivity index is 1.50. The van der Waals surface area contributed by atoms with Crippen molar-refractivity contribution in [3.8, 4) is 11.8 Å². The molecule has 0 unspecified atom stereocenters. The molecule has 1 atom stereocenters. The summed E-state index contributed by atoms with van der Waals surface area (Å²) in [5, 5.41) is 23.0. The van der Waals surface area contributed by atoms with Gasteiger partial charge in [0, 0.05) is 18.1 Å². The minimum Gasteiger partial charge on any atom is -0.378 e. The fourth-order valence-electron chi connectivity index (χ4n) is 4.27. The Kier molecular flexibility index (Phi) is 4.09. The Labute approximate surface area is 169 Å². The van der Waals surface area contributed by atoms with Crippen LogP contribution in [0, 0.1) is 18.3 Å². The fraction of sp³-hybridized carbons (Fsp3) is 0.261. The lowest BCUT2D eigenvalue weighted by atomic mass is 9.85. The molecular weight excluding hydrogens is 360 g/mol. The molecule has 6 heteroatoms. The highest BCUT2D eigenvalue weighted by molar-refractivity contribution is 5.83. The van der Waals surface area contributed by atoms with E-state index in [9.17, 15) is 5.26 Å². The predicted molar refractivity (Wildman–Crippen MR) is 113 cm³/mol. The van der Waals surface area contributed by atoms with Crippen LogP contribution in [-0.2, 0) is 13.5 Å². The van der Waals surface area contributed by atoms with Crippen molar-refractivity contribution in [1.82, 2.24) is 19.6 Å². The minimum atomic E-state index is 0.248. The molecule has 6 nitrogen and oxygen atoms in total. The van der Waals surface area contributed by atoms with Gasteiger partial charge in [-0.2, -0.15) is 15.5 Å². The number of aromatic nitrogens is 4. The van der Waals surface area contributed by atoms with Crippen molar-refractivity contribution in [3.05, 3.63) is 71.2 Å². The Bertz CT molecular complexity index is 1260. The van der Waals surface area contributed by atoms with Gasteiger partial charge < -0.3 is 5.32 Å². The molecule has 2 heterocycles. The molecule has 1 aliphatic carbocycles. The molecule has 0 spiro atoms. The lowest BCUT2D eigenvalue weighted by Crippen LogP contribution is -2.18. The van der Waals surface area contributed by atoms with Crippen LogP contribution in [0.4, 0.5) is 5.69 Å². The molecular formula is C23H22N6. The first-order valence-corrected chi connectivity index (χ1v) is 9.89. The number of hydrogen-bond acceptors (Lipinski definition) is 4. The number of anilines is 1. The molecule has 0 amide bonds. The van der Waals surface area contributed by atoms with Gasteiger partial charge in [-0.15, -0.1) is 0 Å². The van der Waals surface area contributed by atoms with Crippen LogP contribution in [0.25, 0.3) is 16.6 Å². The number of rotatable bonds is 3. The second kappa shape index (κ2) is 6.78. The topological polar surface area (TPSA) is 71.5 Å². The zero-order valence-corrected chi connectivity index (χ0v) is 16.6. The van der Waals surface area contributed by atoms with Crippen LogP contribution in [0.3, 0.4) is 0 Å². The van der Waals surface area contributed by atoms with Crippen molar-refractivity contribution in [3.63, 3.8) is 0 Å². The lowest BCUT2D eigenvalue weighted by Gasteiger charge is -2.28. The number of nitrogens with one attached hydrogen (secondary N) is 1. The maximum absolute atomic E-state index is 9.34. The summed E-state index contributed by atoms with van der Waals surface area (Å²) in [6.45, 7) is 2.02. The fourth-order valence-corrected chi connectivity index (χ4v) is 4.27. The van der Waals surface area contributed by atoms with Gasteiger partial charge in [0.2, 0.25) is 0 Å². The van der Waals surface area contributed by atoms with Crippen molar-refractivity contribution in [1.29, 1.82) is 5.26 Å². The Morgan fingerprint density at radius 1 is 1.17 bits per heavy atom. The van der Waals surface area contributed by atoms with E-state index in [-0.39, 0.29) is 6.04 Å². The van der Waals surface area contributed by atoms with Gasteiger partial charge in [0.05, 0.1) is 41.8 Å². The molecule has 0 aliphatic heterocycles. The van der Waals surface area contributed by atoms with E-state index in [2.05, 4.69) is 51.9 Å².